The molecule has 11 heteroatoms. The maximum absolute atomic E-state index is 12.9. The Hall–Kier alpha value is 0.0900. The molecule has 0 saturated carbocycles. The first-order valence-electron chi connectivity index (χ1n) is 4.21. The molecule has 0 aromatic heterocycles. The highest BCUT2D eigenvalue weighted by Crippen LogP contribution is 2.60. The molecule has 0 bridgehead atoms. The van der Waals surface area contributed by atoms with Crippen molar-refractivity contribution < 1.29 is 40.0 Å². The van der Waals surface area contributed by atoms with Crippen LogP contribution in [-0.2, 0) is 27.2 Å². The first-order chi connectivity index (χ1) is 7.27. The molecule has 2 aliphatic rings. The van der Waals surface area contributed by atoms with Crippen LogP contribution >= 0.6 is 15.8 Å². The second-order valence-electron chi connectivity index (χ2n) is 3.22. The molecule has 2 rings (SSSR count). The zero-order valence-electron chi connectivity index (χ0n) is 7.62. The molecular weight excluding hydrogens is 275 g/mol. The van der Waals surface area contributed by atoms with Gasteiger partial charge in [-0.05, 0) is 0 Å². The predicted molar refractivity (Wildman–Crippen MR) is 43.7 cm³/mol. The van der Waals surface area contributed by atoms with Crippen LogP contribution < -0.4 is 0 Å². The molecule has 0 aromatic rings. The number of hydrogen-bond acceptors (Lipinski definition) is 6. The molecule has 2 aliphatic heterocycles. The summed E-state index contributed by atoms with van der Waals surface area (Å²) < 4.78 is 75.6. The fourth-order valence-electron chi connectivity index (χ4n) is 1.35. The van der Waals surface area contributed by atoms with E-state index in [0.29, 0.717) is 0 Å². The van der Waals surface area contributed by atoms with Crippen LogP contribution in [0.25, 0.3) is 0 Å². The van der Waals surface area contributed by atoms with E-state index in [4.69, 9.17) is 0 Å². The van der Waals surface area contributed by atoms with Crippen LogP contribution in [0.4, 0.5) is 12.8 Å². The topological polar surface area (TPSA) is 71.1 Å². The van der Waals surface area contributed by atoms with Crippen LogP contribution in [0.15, 0.2) is 0 Å². The van der Waals surface area contributed by atoms with Crippen molar-refractivity contribution in [1.29, 1.82) is 0 Å². The van der Waals surface area contributed by atoms with Crippen molar-refractivity contribution in [1.82, 2.24) is 0 Å². The van der Waals surface area contributed by atoms with E-state index < -0.39 is 34.4 Å². The molecule has 0 aromatic carbocycles. The Balaban J connectivity index is 1.92. The molecule has 0 aliphatic carbocycles. The minimum absolute atomic E-state index is 0.372. The molecule has 2 heterocycles. The van der Waals surface area contributed by atoms with Gasteiger partial charge in [-0.25, -0.2) is 18.0 Å². The van der Waals surface area contributed by atoms with Gasteiger partial charge in [0.2, 0.25) is 6.36 Å². The highest BCUT2D eigenvalue weighted by molar-refractivity contribution is 7.48. The Kier molecular flexibility index (Phi) is 3.20. The first kappa shape index (κ1) is 12.5. The Labute approximate surface area is 88.3 Å². The van der Waals surface area contributed by atoms with Crippen molar-refractivity contribution in [2.75, 3.05) is 6.61 Å². The Morgan fingerprint density at radius 2 is 1.81 bits per heavy atom. The van der Waals surface area contributed by atoms with Crippen LogP contribution in [0.2, 0.25) is 0 Å². The van der Waals surface area contributed by atoms with E-state index in [1.165, 1.54) is 0 Å². The van der Waals surface area contributed by atoms with Gasteiger partial charge >= 0.3 is 15.8 Å². The zero-order valence-corrected chi connectivity index (χ0v) is 9.41. The van der Waals surface area contributed by atoms with E-state index in [1.807, 2.05) is 0 Å². The minimum atomic E-state index is -4.88. The quantitative estimate of drug-likeness (QED) is 0.725. The number of rotatable bonds is 2. The van der Waals surface area contributed by atoms with Crippen molar-refractivity contribution in [2.45, 2.75) is 25.0 Å². The summed E-state index contributed by atoms with van der Waals surface area (Å²) in [7, 11) is -9.47. The fourth-order valence-corrected chi connectivity index (χ4v) is 3.19. The second kappa shape index (κ2) is 4.08. The summed E-state index contributed by atoms with van der Waals surface area (Å²) in [6.07, 6.45) is -5.16. The maximum Gasteiger partial charge on any atom is 0.516 e. The van der Waals surface area contributed by atoms with Crippen LogP contribution in [0.3, 0.4) is 0 Å². The third kappa shape index (κ3) is 2.85. The summed E-state index contributed by atoms with van der Waals surface area (Å²) in [4.78, 5) is 0. The van der Waals surface area contributed by atoms with Crippen molar-refractivity contribution in [3.05, 3.63) is 0 Å². The SMILES string of the molecule is O=P1(F)OCC(CC2OP(=O)(F)OC2F)O1. The standard InChI is InChI=1S/C5H7F3O6P2/c6-5-4(13-16(8,10)14-5)1-3-2-11-15(7,9)12-3/h3-5H,1-2H2. The fraction of sp³-hybridized carbons (Fsp3) is 1.00. The third-order valence-electron chi connectivity index (χ3n) is 1.97. The van der Waals surface area contributed by atoms with E-state index in [-0.39, 0.29) is 13.0 Å². The zero-order chi connectivity index (χ0) is 12.0. The van der Waals surface area contributed by atoms with Crippen LogP contribution in [0, 0.1) is 0 Å². The Bertz CT molecular complexity index is 377. The van der Waals surface area contributed by atoms with Gasteiger partial charge in [0, 0.05) is 6.42 Å². The van der Waals surface area contributed by atoms with Gasteiger partial charge in [0.15, 0.2) is 0 Å². The van der Waals surface area contributed by atoms with Crippen LogP contribution in [0.5, 0.6) is 0 Å². The average Bonchev–Trinajstić information content (AvgIpc) is 2.53. The van der Waals surface area contributed by atoms with Crippen molar-refractivity contribution >= 4 is 15.8 Å². The monoisotopic (exact) mass is 282 g/mol. The van der Waals surface area contributed by atoms with Crippen molar-refractivity contribution in [3.8, 4) is 0 Å². The van der Waals surface area contributed by atoms with E-state index in [1.54, 1.807) is 0 Å². The molecule has 0 amide bonds. The minimum Gasteiger partial charge on any atom is -0.281 e. The van der Waals surface area contributed by atoms with E-state index in [2.05, 4.69) is 18.1 Å². The highest BCUT2D eigenvalue weighted by atomic mass is 31.2. The van der Waals surface area contributed by atoms with Gasteiger partial charge in [0.25, 0.3) is 0 Å². The van der Waals surface area contributed by atoms with Crippen LogP contribution in [-0.4, -0.2) is 25.2 Å². The predicted octanol–water partition coefficient (Wildman–Crippen LogP) is 2.66. The molecule has 5 unspecified atom stereocenters. The molecule has 0 radical (unpaired) electrons. The number of halogens is 3. The van der Waals surface area contributed by atoms with Crippen LogP contribution in [0.1, 0.15) is 6.42 Å². The molecule has 0 spiro atoms. The van der Waals surface area contributed by atoms with E-state index in [0.717, 1.165) is 0 Å². The molecule has 2 fully saturated rings. The van der Waals surface area contributed by atoms with E-state index in [9.17, 15) is 21.9 Å². The van der Waals surface area contributed by atoms with Gasteiger partial charge in [-0.15, -0.1) is 8.39 Å². The summed E-state index contributed by atoms with van der Waals surface area (Å²) in [6, 6.07) is 0. The highest BCUT2D eigenvalue weighted by Gasteiger charge is 2.49. The Morgan fingerprint density at radius 1 is 1.12 bits per heavy atom. The third-order valence-corrected chi connectivity index (χ3v) is 3.95. The molecule has 94 valence electrons. The first-order valence-corrected chi connectivity index (χ1v) is 7.07. The second-order valence-corrected chi connectivity index (χ2v) is 5.83. The van der Waals surface area contributed by atoms with Gasteiger partial charge in [-0.2, -0.15) is 0 Å². The summed E-state index contributed by atoms with van der Waals surface area (Å²) in [6.45, 7) is -0.378. The number of hydrogen-bond donors (Lipinski definition) is 0. The van der Waals surface area contributed by atoms with E-state index >= 15 is 0 Å². The number of alkyl halides is 1. The van der Waals surface area contributed by atoms with Gasteiger partial charge < -0.3 is 0 Å². The largest absolute Gasteiger partial charge is 0.516 e. The summed E-state index contributed by atoms with van der Waals surface area (Å²) in [5.41, 5.74) is 0. The normalized spacial score (nSPS) is 53.3. The lowest BCUT2D eigenvalue weighted by atomic mass is 10.2. The molecule has 6 nitrogen and oxygen atoms in total. The summed E-state index contributed by atoms with van der Waals surface area (Å²) >= 11 is 0. The molecule has 5 atom stereocenters. The molecular formula is C5H7F3O6P2. The molecule has 16 heavy (non-hydrogen) atoms. The van der Waals surface area contributed by atoms with Gasteiger partial charge in [0.05, 0.1) is 12.7 Å². The van der Waals surface area contributed by atoms with Gasteiger partial charge in [-0.3, -0.25) is 13.6 Å². The van der Waals surface area contributed by atoms with Gasteiger partial charge in [0.1, 0.15) is 6.10 Å². The smallest absolute Gasteiger partial charge is 0.281 e. The summed E-state index contributed by atoms with van der Waals surface area (Å²) in [5, 5.41) is 0. The lowest BCUT2D eigenvalue weighted by molar-refractivity contribution is 0.0166. The van der Waals surface area contributed by atoms with Gasteiger partial charge in [-0.1, -0.05) is 0 Å². The lowest BCUT2D eigenvalue weighted by Gasteiger charge is -2.12. The van der Waals surface area contributed by atoms with Crippen molar-refractivity contribution in [2.24, 2.45) is 0 Å². The van der Waals surface area contributed by atoms with Crippen molar-refractivity contribution in [3.63, 3.8) is 0 Å². The maximum atomic E-state index is 12.9. The molecule has 0 N–H and O–H groups in total. The average molecular weight is 282 g/mol. The molecule has 2 saturated heterocycles. The Morgan fingerprint density at radius 3 is 2.25 bits per heavy atom. The lowest BCUT2D eigenvalue weighted by Crippen LogP contribution is -2.25. The summed E-state index contributed by atoms with van der Waals surface area (Å²) in [5.74, 6) is 0.